The molecule has 0 aliphatic heterocycles. The highest BCUT2D eigenvalue weighted by Gasteiger charge is 2.29. The van der Waals surface area contributed by atoms with Crippen molar-refractivity contribution >= 4 is 11.6 Å². The first-order valence-corrected chi connectivity index (χ1v) is 6.35. The molecule has 0 spiro atoms. The monoisotopic (exact) mass is 249 g/mol. The van der Waals surface area contributed by atoms with Crippen LogP contribution in [0.1, 0.15) is 36.0 Å². The number of hydrogen-bond donors (Lipinski definition) is 2. The molecule has 0 unspecified atom stereocenters. The highest BCUT2D eigenvalue weighted by molar-refractivity contribution is 5.98. The fourth-order valence-corrected chi connectivity index (χ4v) is 2.13. The molecule has 0 atom stereocenters. The molecule has 0 saturated heterocycles. The lowest BCUT2D eigenvalue weighted by molar-refractivity contribution is 0.0563. The summed E-state index contributed by atoms with van der Waals surface area (Å²) in [6.07, 6.45) is 6.93. The van der Waals surface area contributed by atoms with Crippen molar-refractivity contribution in [2.24, 2.45) is 0 Å². The fraction of sp³-hybridized carbons (Fsp3) is 0.538. The zero-order chi connectivity index (χ0) is 13.0. The van der Waals surface area contributed by atoms with Crippen LogP contribution >= 0.6 is 0 Å². The van der Waals surface area contributed by atoms with Crippen LogP contribution in [0.5, 0.6) is 0 Å². The van der Waals surface area contributed by atoms with E-state index in [0.29, 0.717) is 30.3 Å². The average molecular weight is 249 g/mol. The summed E-state index contributed by atoms with van der Waals surface area (Å²) in [7, 11) is 0. The number of nitrogen functional groups attached to an aromatic ring is 1. The number of nitrogens with two attached hydrogens (primary N) is 1. The Kier molecular flexibility index (Phi) is 4.15. The number of aliphatic hydroxyl groups excluding tert-OH is 1. The van der Waals surface area contributed by atoms with E-state index >= 15 is 0 Å². The van der Waals surface area contributed by atoms with Crippen molar-refractivity contribution in [1.82, 2.24) is 9.88 Å². The number of nitrogens with zero attached hydrogens (tertiary/aromatic N) is 2. The third-order valence-electron chi connectivity index (χ3n) is 3.42. The molecule has 1 saturated carbocycles. The number of aliphatic hydroxyl groups is 1. The fourth-order valence-electron chi connectivity index (χ4n) is 2.13. The molecule has 3 N–H and O–H groups in total. The molecule has 5 nitrogen and oxygen atoms in total. The second kappa shape index (κ2) is 5.82. The molecule has 98 valence electrons. The van der Waals surface area contributed by atoms with E-state index in [1.54, 1.807) is 12.3 Å². The number of carbonyl (C=O) groups excluding carboxylic acids is 1. The molecule has 1 aromatic rings. The third kappa shape index (κ3) is 2.61. The van der Waals surface area contributed by atoms with Crippen molar-refractivity contribution in [1.29, 1.82) is 0 Å². The molecule has 1 heterocycles. The maximum Gasteiger partial charge on any atom is 0.257 e. The first-order chi connectivity index (χ1) is 8.74. The summed E-state index contributed by atoms with van der Waals surface area (Å²) in [4.78, 5) is 18.2. The maximum atomic E-state index is 12.4. The lowest BCUT2D eigenvalue weighted by atomic mass is 9.90. The average Bonchev–Trinajstić information content (AvgIpc) is 2.32. The van der Waals surface area contributed by atoms with Gasteiger partial charge in [0.1, 0.15) is 0 Å². The Morgan fingerprint density at radius 2 is 2.33 bits per heavy atom. The van der Waals surface area contributed by atoms with Gasteiger partial charge in [-0.2, -0.15) is 0 Å². The van der Waals surface area contributed by atoms with Crippen LogP contribution in [0.4, 0.5) is 5.69 Å². The van der Waals surface area contributed by atoms with E-state index in [2.05, 4.69) is 4.98 Å². The van der Waals surface area contributed by atoms with Gasteiger partial charge in [-0.3, -0.25) is 9.78 Å². The zero-order valence-corrected chi connectivity index (χ0v) is 10.4. The first kappa shape index (κ1) is 12.8. The van der Waals surface area contributed by atoms with E-state index < -0.39 is 0 Å². The summed E-state index contributed by atoms with van der Waals surface area (Å²) in [5.41, 5.74) is 6.73. The Hall–Kier alpha value is -1.62. The summed E-state index contributed by atoms with van der Waals surface area (Å²) in [5.74, 6) is -0.0706. The molecule has 0 radical (unpaired) electrons. The van der Waals surface area contributed by atoms with Crippen LogP contribution in [0.15, 0.2) is 18.5 Å². The van der Waals surface area contributed by atoms with E-state index in [9.17, 15) is 4.79 Å². The van der Waals surface area contributed by atoms with Crippen LogP contribution in [-0.4, -0.2) is 40.1 Å². The Balaban J connectivity index is 2.14. The minimum atomic E-state index is -0.0706. The molecule has 0 bridgehead atoms. The van der Waals surface area contributed by atoms with Crippen LogP contribution in [0.25, 0.3) is 0 Å². The number of hydrogen-bond acceptors (Lipinski definition) is 4. The molecule has 1 aliphatic carbocycles. The van der Waals surface area contributed by atoms with Crippen LogP contribution in [-0.2, 0) is 0 Å². The topological polar surface area (TPSA) is 79.5 Å². The molecule has 1 amide bonds. The van der Waals surface area contributed by atoms with Crippen molar-refractivity contribution in [3.8, 4) is 0 Å². The number of amides is 1. The smallest absolute Gasteiger partial charge is 0.257 e. The molecule has 18 heavy (non-hydrogen) atoms. The van der Waals surface area contributed by atoms with Crippen molar-refractivity contribution in [2.75, 3.05) is 18.9 Å². The predicted molar refractivity (Wildman–Crippen MR) is 69.0 cm³/mol. The van der Waals surface area contributed by atoms with Gasteiger partial charge in [-0.25, -0.2) is 0 Å². The third-order valence-corrected chi connectivity index (χ3v) is 3.42. The molecular weight excluding hydrogens is 230 g/mol. The number of carbonyl (C=O) groups is 1. The summed E-state index contributed by atoms with van der Waals surface area (Å²) < 4.78 is 0. The molecule has 2 rings (SSSR count). The summed E-state index contributed by atoms with van der Waals surface area (Å²) in [6, 6.07) is 1.93. The molecule has 1 aliphatic rings. The van der Waals surface area contributed by atoms with E-state index in [1.807, 2.05) is 4.90 Å². The second-order valence-corrected chi connectivity index (χ2v) is 4.62. The highest BCUT2D eigenvalue weighted by Crippen LogP contribution is 2.27. The standard InChI is InChI=1S/C13H19N3O2/c14-12-5-6-15-9-11(12)13(18)16(7-2-8-17)10-3-1-4-10/h5-6,9-10,17H,1-4,7-8H2,(H2,14,15). The van der Waals surface area contributed by atoms with Gasteiger partial charge in [-0.15, -0.1) is 0 Å². The quantitative estimate of drug-likeness (QED) is 0.817. The van der Waals surface area contributed by atoms with Gasteiger partial charge in [-0.05, 0) is 31.7 Å². The highest BCUT2D eigenvalue weighted by atomic mass is 16.3. The van der Waals surface area contributed by atoms with Gasteiger partial charge in [-0.1, -0.05) is 0 Å². The predicted octanol–water partition coefficient (Wildman–Crippen LogP) is 1.04. The van der Waals surface area contributed by atoms with Gasteiger partial charge >= 0.3 is 0 Å². The van der Waals surface area contributed by atoms with Crippen LogP contribution in [0.2, 0.25) is 0 Å². The molecule has 1 aromatic heterocycles. The zero-order valence-electron chi connectivity index (χ0n) is 10.4. The molecule has 0 aromatic carbocycles. The van der Waals surface area contributed by atoms with Gasteiger partial charge in [0.2, 0.25) is 0 Å². The van der Waals surface area contributed by atoms with Crippen molar-refractivity contribution < 1.29 is 9.90 Å². The normalized spacial score (nSPS) is 15.2. The minimum absolute atomic E-state index is 0.0706. The summed E-state index contributed by atoms with van der Waals surface area (Å²) in [6.45, 7) is 0.674. The summed E-state index contributed by atoms with van der Waals surface area (Å²) >= 11 is 0. The number of anilines is 1. The molecule has 1 fully saturated rings. The van der Waals surface area contributed by atoms with Gasteiger partial charge in [0, 0.05) is 37.3 Å². The Bertz CT molecular complexity index is 418. The van der Waals surface area contributed by atoms with Crippen molar-refractivity contribution in [3.63, 3.8) is 0 Å². The van der Waals surface area contributed by atoms with E-state index in [4.69, 9.17) is 10.8 Å². The van der Waals surface area contributed by atoms with E-state index in [-0.39, 0.29) is 12.5 Å². The van der Waals surface area contributed by atoms with Gasteiger partial charge in [0.25, 0.3) is 5.91 Å². The van der Waals surface area contributed by atoms with Gasteiger partial charge in [0.05, 0.1) is 5.56 Å². The van der Waals surface area contributed by atoms with Crippen molar-refractivity contribution in [2.45, 2.75) is 31.7 Å². The number of aromatic nitrogens is 1. The number of pyridine rings is 1. The Morgan fingerprint density at radius 1 is 1.56 bits per heavy atom. The number of rotatable bonds is 5. The second-order valence-electron chi connectivity index (χ2n) is 4.62. The van der Waals surface area contributed by atoms with Crippen LogP contribution < -0.4 is 5.73 Å². The largest absolute Gasteiger partial charge is 0.398 e. The lowest BCUT2D eigenvalue weighted by Crippen LogP contribution is -2.45. The maximum absolute atomic E-state index is 12.4. The Morgan fingerprint density at radius 3 is 2.89 bits per heavy atom. The summed E-state index contributed by atoms with van der Waals surface area (Å²) in [5, 5.41) is 8.92. The van der Waals surface area contributed by atoms with Gasteiger partial charge < -0.3 is 15.7 Å². The lowest BCUT2D eigenvalue weighted by Gasteiger charge is -2.37. The van der Waals surface area contributed by atoms with E-state index in [0.717, 1.165) is 19.3 Å². The van der Waals surface area contributed by atoms with E-state index in [1.165, 1.54) is 6.20 Å². The molecule has 5 heteroatoms. The SMILES string of the molecule is Nc1ccncc1C(=O)N(CCCO)C1CCC1. The molecular formula is C13H19N3O2. The minimum Gasteiger partial charge on any atom is -0.398 e. The van der Waals surface area contributed by atoms with Crippen molar-refractivity contribution in [3.05, 3.63) is 24.0 Å². The first-order valence-electron chi connectivity index (χ1n) is 6.35. The van der Waals surface area contributed by atoms with Crippen LogP contribution in [0.3, 0.4) is 0 Å². The Labute approximate surface area is 107 Å². The van der Waals surface area contributed by atoms with Crippen LogP contribution in [0, 0.1) is 0 Å². The van der Waals surface area contributed by atoms with Gasteiger partial charge in [0.15, 0.2) is 0 Å².